The molecular formula is C22H26N4O3S. The van der Waals surface area contributed by atoms with Gasteiger partial charge in [0.05, 0.1) is 12.5 Å². The minimum atomic E-state index is -0.328. The van der Waals surface area contributed by atoms with Gasteiger partial charge in [-0.1, -0.05) is 36.5 Å². The van der Waals surface area contributed by atoms with Crippen LogP contribution in [0.3, 0.4) is 0 Å². The number of amides is 2. The second kappa shape index (κ2) is 8.47. The summed E-state index contributed by atoms with van der Waals surface area (Å²) in [5.74, 6) is 2.17. The lowest BCUT2D eigenvalue weighted by Gasteiger charge is -2.10. The summed E-state index contributed by atoms with van der Waals surface area (Å²) in [5, 5.41) is 7.00. The predicted octanol–water partition coefficient (Wildman–Crippen LogP) is 4.07. The molecule has 1 aliphatic rings. The number of anilines is 1. The summed E-state index contributed by atoms with van der Waals surface area (Å²) in [4.78, 5) is 31.1. The van der Waals surface area contributed by atoms with Gasteiger partial charge in [0.1, 0.15) is 21.4 Å². The fourth-order valence-corrected chi connectivity index (χ4v) is 4.93. The summed E-state index contributed by atoms with van der Waals surface area (Å²) >= 11 is 1.36. The molecule has 158 valence electrons. The van der Waals surface area contributed by atoms with Crippen molar-refractivity contribution in [3.05, 3.63) is 51.6 Å². The highest BCUT2D eigenvalue weighted by Crippen LogP contribution is 2.33. The Bertz CT molecular complexity index is 1150. The number of nitrogens with zero attached hydrogens (tertiary/aromatic N) is 2. The van der Waals surface area contributed by atoms with E-state index >= 15 is 0 Å². The van der Waals surface area contributed by atoms with E-state index in [9.17, 15) is 9.59 Å². The monoisotopic (exact) mass is 426 g/mol. The van der Waals surface area contributed by atoms with Crippen LogP contribution in [0.5, 0.6) is 5.75 Å². The number of methoxy groups -OCH3 is 1. The highest BCUT2D eigenvalue weighted by Gasteiger charge is 2.21. The zero-order chi connectivity index (χ0) is 21.3. The molecule has 3 heterocycles. The Kier molecular flexibility index (Phi) is 5.76. The van der Waals surface area contributed by atoms with Crippen LogP contribution in [0.25, 0.3) is 10.2 Å². The molecule has 2 amide bonds. The van der Waals surface area contributed by atoms with Crippen molar-refractivity contribution >= 4 is 32.6 Å². The van der Waals surface area contributed by atoms with Gasteiger partial charge in [0.25, 0.3) is 5.56 Å². The summed E-state index contributed by atoms with van der Waals surface area (Å²) < 4.78 is 7.13. The van der Waals surface area contributed by atoms with E-state index in [4.69, 9.17) is 9.72 Å². The van der Waals surface area contributed by atoms with Crippen molar-refractivity contribution in [2.24, 2.45) is 5.92 Å². The molecule has 1 aromatic carbocycles. The van der Waals surface area contributed by atoms with E-state index in [0.717, 1.165) is 42.0 Å². The van der Waals surface area contributed by atoms with Gasteiger partial charge in [0, 0.05) is 25.1 Å². The van der Waals surface area contributed by atoms with Gasteiger partial charge in [0.15, 0.2) is 0 Å². The van der Waals surface area contributed by atoms with Gasteiger partial charge in [0.2, 0.25) is 0 Å². The van der Waals surface area contributed by atoms with Crippen molar-refractivity contribution in [1.82, 2.24) is 14.9 Å². The molecular weight excluding hydrogens is 400 g/mol. The topological polar surface area (TPSA) is 85.2 Å². The highest BCUT2D eigenvalue weighted by atomic mass is 32.1. The van der Waals surface area contributed by atoms with Crippen LogP contribution < -0.4 is 20.9 Å². The van der Waals surface area contributed by atoms with Gasteiger partial charge in [-0.2, -0.15) is 0 Å². The Morgan fingerprint density at radius 3 is 2.93 bits per heavy atom. The number of urea groups is 1. The Hall–Kier alpha value is -2.87. The molecule has 0 bridgehead atoms. The first-order chi connectivity index (χ1) is 14.5. The molecule has 2 aromatic heterocycles. The molecule has 0 fully saturated rings. The number of hydrogen-bond donors (Lipinski definition) is 2. The largest absolute Gasteiger partial charge is 0.496 e. The molecule has 0 radical (unpaired) electrons. The molecule has 2 N–H and O–H groups in total. The van der Waals surface area contributed by atoms with Crippen molar-refractivity contribution < 1.29 is 9.53 Å². The van der Waals surface area contributed by atoms with E-state index in [1.165, 1.54) is 11.3 Å². The minimum absolute atomic E-state index is 0.000306. The second-order valence-electron chi connectivity index (χ2n) is 7.77. The zero-order valence-electron chi connectivity index (χ0n) is 17.4. The Balaban J connectivity index is 1.55. The number of ether oxygens (including phenoxy) is 1. The lowest BCUT2D eigenvalue weighted by Crippen LogP contribution is -2.28. The van der Waals surface area contributed by atoms with E-state index in [2.05, 4.69) is 17.6 Å². The van der Waals surface area contributed by atoms with Crippen LogP contribution in [0.15, 0.2) is 29.1 Å². The third-order valence-corrected chi connectivity index (χ3v) is 6.80. The van der Waals surface area contributed by atoms with Gasteiger partial charge >= 0.3 is 6.03 Å². The van der Waals surface area contributed by atoms with Gasteiger partial charge in [-0.25, -0.2) is 9.78 Å². The van der Waals surface area contributed by atoms with Crippen LogP contribution in [0.4, 0.5) is 9.80 Å². The number of rotatable bonds is 4. The summed E-state index contributed by atoms with van der Waals surface area (Å²) in [6, 6.07) is 7.22. The SMILES string of the molecule is COc1ccccc1CNC(=O)Nc1sc2nc3n(c(=O)c2c1C)CC[C@H](C)CC3. The van der Waals surface area contributed by atoms with Crippen LogP contribution >= 0.6 is 11.3 Å². The number of thiophene rings is 1. The molecule has 0 spiro atoms. The summed E-state index contributed by atoms with van der Waals surface area (Å²) in [5.41, 5.74) is 1.66. The summed E-state index contributed by atoms with van der Waals surface area (Å²) in [6.07, 6.45) is 2.84. The molecule has 30 heavy (non-hydrogen) atoms. The maximum absolute atomic E-state index is 13.1. The van der Waals surface area contributed by atoms with Crippen LogP contribution in [0, 0.1) is 12.8 Å². The highest BCUT2D eigenvalue weighted by molar-refractivity contribution is 7.22. The van der Waals surface area contributed by atoms with Crippen LogP contribution in [-0.4, -0.2) is 22.7 Å². The molecule has 0 saturated heterocycles. The third kappa shape index (κ3) is 3.92. The molecule has 1 aliphatic heterocycles. The van der Waals surface area contributed by atoms with E-state index in [0.29, 0.717) is 34.2 Å². The molecule has 4 rings (SSSR count). The van der Waals surface area contributed by atoms with Gasteiger partial charge < -0.3 is 10.1 Å². The molecule has 0 unspecified atom stereocenters. The van der Waals surface area contributed by atoms with Crippen molar-refractivity contribution in [2.75, 3.05) is 12.4 Å². The number of nitrogens with one attached hydrogen (secondary N) is 2. The standard InChI is InChI=1S/C22H26N4O3S/c1-13-8-9-17-24-20-18(21(27)26(17)11-10-13)14(2)19(30-20)25-22(28)23-12-15-6-4-5-7-16(15)29-3/h4-7,13H,8-12H2,1-3H3,(H2,23,25,28)/t13-/m1/s1. The number of fused-ring (bicyclic) bond motifs is 2. The van der Waals surface area contributed by atoms with Gasteiger partial charge in [-0.05, 0) is 37.3 Å². The molecule has 0 aliphatic carbocycles. The van der Waals surface area contributed by atoms with Crippen molar-refractivity contribution in [2.45, 2.75) is 46.2 Å². The van der Waals surface area contributed by atoms with Crippen LogP contribution in [-0.2, 0) is 19.5 Å². The number of benzene rings is 1. The number of aryl methyl sites for hydroxylation is 2. The van der Waals surface area contributed by atoms with Gasteiger partial charge in [-0.15, -0.1) is 0 Å². The summed E-state index contributed by atoms with van der Waals surface area (Å²) in [6.45, 7) is 5.13. The van der Waals surface area contributed by atoms with E-state index < -0.39 is 0 Å². The average Bonchev–Trinajstić information content (AvgIpc) is 2.92. The zero-order valence-corrected chi connectivity index (χ0v) is 18.3. The minimum Gasteiger partial charge on any atom is -0.496 e. The normalized spacial score (nSPS) is 16.0. The number of aromatic nitrogens is 2. The van der Waals surface area contributed by atoms with E-state index in [1.807, 2.05) is 35.8 Å². The van der Waals surface area contributed by atoms with Crippen molar-refractivity contribution in [1.29, 1.82) is 0 Å². The Labute approximate surface area is 179 Å². The smallest absolute Gasteiger partial charge is 0.320 e. The number of carbonyl (C=O) groups excluding carboxylic acids is 1. The number of para-hydroxylation sites is 1. The Morgan fingerprint density at radius 1 is 1.33 bits per heavy atom. The number of carbonyl (C=O) groups is 1. The maximum atomic E-state index is 13.1. The first-order valence-electron chi connectivity index (χ1n) is 10.2. The molecule has 1 atom stereocenters. The fraction of sp³-hybridized carbons (Fsp3) is 0.409. The second-order valence-corrected chi connectivity index (χ2v) is 8.77. The fourth-order valence-electron chi connectivity index (χ4n) is 3.84. The lowest BCUT2D eigenvalue weighted by atomic mass is 10.0. The third-order valence-electron chi connectivity index (χ3n) is 5.69. The quantitative estimate of drug-likeness (QED) is 0.659. The van der Waals surface area contributed by atoms with E-state index in [1.54, 1.807) is 7.11 Å². The maximum Gasteiger partial charge on any atom is 0.320 e. The molecule has 0 saturated carbocycles. The molecule has 8 heteroatoms. The first kappa shape index (κ1) is 20.4. The van der Waals surface area contributed by atoms with E-state index in [-0.39, 0.29) is 11.6 Å². The van der Waals surface area contributed by atoms with Crippen LogP contribution in [0.1, 0.15) is 36.7 Å². The summed E-state index contributed by atoms with van der Waals surface area (Å²) in [7, 11) is 1.60. The van der Waals surface area contributed by atoms with Crippen LogP contribution in [0.2, 0.25) is 0 Å². The Morgan fingerprint density at radius 2 is 2.13 bits per heavy atom. The molecule has 3 aromatic rings. The van der Waals surface area contributed by atoms with Gasteiger partial charge in [-0.3, -0.25) is 14.7 Å². The predicted molar refractivity (Wildman–Crippen MR) is 120 cm³/mol. The lowest BCUT2D eigenvalue weighted by molar-refractivity contribution is 0.251. The van der Waals surface area contributed by atoms with Crippen molar-refractivity contribution in [3.63, 3.8) is 0 Å². The number of hydrogen-bond acceptors (Lipinski definition) is 5. The first-order valence-corrected chi connectivity index (χ1v) is 11.0. The average molecular weight is 427 g/mol. The van der Waals surface area contributed by atoms with Crippen molar-refractivity contribution in [3.8, 4) is 5.75 Å². The molecule has 7 nitrogen and oxygen atoms in total.